The summed E-state index contributed by atoms with van der Waals surface area (Å²) in [4.78, 5) is 19.5. The van der Waals surface area contributed by atoms with Gasteiger partial charge in [-0.3, -0.25) is 4.79 Å². The number of amides is 1. The number of piperidine rings is 1. The van der Waals surface area contributed by atoms with E-state index in [9.17, 15) is 9.18 Å². The van der Waals surface area contributed by atoms with Crippen LogP contribution in [0.5, 0.6) is 5.19 Å². The van der Waals surface area contributed by atoms with Crippen LogP contribution in [0.1, 0.15) is 36.4 Å². The molecule has 31 heavy (non-hydrogen) atoms. The van der Waals surface area contributed by atoms with Crippen molar-refractivity contribution in [3.8, 4) is 5.19 Å². The number of nitrogens with zero attached hydrogens (tertiary/aromatic N) is 2. The summed E-state index contributed by atoms with van der Waals surface area (Å²) in [5, 5.41) is 0.706. The number of fused-ring (bicyclic) bond motifs is 1. The van der Waals surface area contributed by atoms with Gasteiger partial charge in [-0.2, -0.15) is 0 Å². The lowest BCUT2D eigenvalue weighted by molar-refractivity contribution is -0.135. The largest absolute Gasteiger partial charge is 0.467 e. The van der Waals surface area contributed by atoms with E-state index in [1.54, 1.807) is 23.5 Å². The highest BCUT2D eigenvalue weighted by Gasteiger charge is 2.34. The summed E-state index contributed by atoms with van der Waals surface area (Å²) in [7, 11) is 0. The maximum Gasteiger partial charge on any atom is 0.274 e. The van der Waals surface area contributed by atoms with Gasteiger partial charge in [0.2, 0.25) is 5.91 Å². The Bertz CT molecular complexity index is 1080. The van der Waals surface area contributed by atoms with Crippen molar-refractivity contribution < 1.29 is 13.9 Å². The molecule has 1 amide bonds. The van der Waals surface area contributed by atoms with E-state index < -0.39 is 0 Å². The normalized spacial score (nSPS) is 22.2. The Morgan fingerprint density at radius 2 is 1.94 bits per heavy atom. The van der Waals surface area contributed by atoms with Crippen molar-refractivity contribution >= 4 is 27.5 Å². The number of para-hydroxylation sites is 1. The van der Waals surface area contributed by atoms with Crippen LogP contribution >= 0.6 is 11.3 Å². The van der Waals surface area contributed by atoms with Crippen LogP contribution in [0.3, 0.4) is 0 Å². The summed E-state index contributed by atoms with van der Waals surface area (Å²) >= 11 is 1.58. The number of hydrogen-bond donors (Lipinski definition) is 2. The topological polar surface area (TPSA) is 66.5 Å². The van der Waals surface area contributed by atoms with Crippen molar-refractivity contribution in [2.24, 2.45) is 0 Å². The molecule has 2 N–H and O–H groups in total. The third-order valence-corrected chi connectivity index (χ3v) is 7.01. The number of rotatable bonds is 4. The summed E-state index contributed by atoms with van der Waals surface area (Å²) in [6, 6.07) is 12.3. The van der Waals surface area contributed by atoms with Crippen LogP contribution in [-0.2, 0) is 4.79 Å². The van der Waals surface area contributed by atoms with E-state index in [0.29, 0.717) is 24.7 Å². The molecule has 0 aliphatic carbocycles. The average Bonchev–Trinajstić information content (AvgIpc) is 3.42. The van der Waals surface area contributed by atoms with Gasteiger partial charge in [0.05, 0.1) is 10.2 Å². The summed E-state index contributed by atoms with van der Waals surface area (Å²) in [6.07, 6.45) is 2.31. The van der Waals surface area contributed by atoms with Gasteiger partial charge in [-0.1, -0.05) is 35.6 Å². The predicted octanol–water partition coefficient (Wildman–Crippen LogP) is 3.72. The summed E-state index contributed by atoms with van der Waals surface area (Å²) in [5.41, 5.74) is 9.42. The summed E-state index contributed by atoms with van der Waals surface area (Å²) < 4.78 is 20.4. The number of aromatic nitrogens is 1. The Morgan fingerprint density at radius 1 is 1.16 bits per heavy atom. The SMILES string of the molecule is Cc1cccc2sc(OC3CCN(C(=O)C4CC(c5ccc(F)cc5)NN4)CC3)nc12. The van der Waals surface area contributed by atoms with Gasteiger partial charge in [0.25, 0.3) is 5.19 Å². The number of hydrazine groups is 1. The lowest BCUT2D eigenvalue weighted by atomic mass is 10.0. The van der Waals surface area contributed by atoms with Crippen LogP contribution in [0.4, 0.5) is 4.39 Å². The number of carbonyl (C=O) groups excluding carboxylic acids is 1. The number of halogens is 1. The summed E-state index contributed by atoms with van der Waals surface area (Å²) in [5.74, 6) is -0.153. The van der Waals surface area contributed by atoms with E-state index in [4.69, 9.17) is 4.74 Å². The highest BCUT2D eigenvalue weighted by atomic mass is 32.1. The third kappa shape index (κ3) is 4.28. The first-order chi connectivity index (χ1) is 15.1. The zero-order chi connectivity index (χ0) is 21.4. The van der Waals surface area contributed by atoms with Crippen LogP contribution in [0.25, 0.3) is 10.2 Å². The molecule has 2 aromatic carbocycles. The van der Waals surface area contributed by atoms with Crippen LogP contribution in [-0.4, -0.2) is 41.0 Å². The Hall–Kier alpha value is -2.55. The lowest BCUT2D eigenvalue weighted by Gasteiger charge is -2.33. The lowest BCUT2D eigenvalue weighted by Crippen LogP contribution is -2.49. The fourth-order valence-corrected chi connectivity index (χ4v) is 5.26. The Kier molecular flexibility index (Phi) is 5.60. The van der Waals surface area contributed by atoms with Gasteiger partial charge < -0.3 is 9.64 Å². The van der Waals surface area contributed by atoms with E-state index >= 15 is 0 Å². The van der Waals surface area contributed by atoms with E-state index in [1.165, 1.54) is 12.1 Å². The first-order valence-electron chi connectivity index (χ1n) is 10.6. The zero-order valence-corrected chi connectivity index (χ0v) is 18.1. The fourth-order valence-electron chi connectivity index (χ4n) is 4.31. The molecular formula is C23H25FN4O2S. The number of nitrogens with one attached hydrogen (secondary N) is 2. The van der Waals surface area contributed by atoms with Crippen molar-refractivity contribution in [3.63, 3.8) is 0 Å². The van der Waals surface area contributed by atoms with E-state index in [2.05, 4.69) is 34.9 Å². The highest BCUT2D eigenvalue weighted by molar-refractivity contribution is 7.20. The molecule has 3 aromatic rings. The first kappa shape index (κ1) is 20.4. The predicted molar refractivity (Wildman–Crippen MR) is 118 cm³/mol. The van der Waals surface area contributed by atoms with Crippen molar-refractivity contribution in [1.29, 1.82) is 0 Å². The molecule has 2 saturated heterocycles. The van der Waals surface area contributed by atoms with Crippen molar-refractivity contribution in [2.75, 3.05) is 13.1 Å². The Labute approximate surface area is 184 Å². The molecule has 0 saturated carbocycles. The second-order valence-corrected chi connectivity index (χ2v) is 9.22. The molecule has 0 bridgehead atoms. The minimum absolute atomic E-state index is 0.00193. The molecule has 2 unspecified atom stereocenters. The molecule has 0 spiro atoms. The quantitative estimate of drug-likeness (QED) is 0.647. The molecular weight excluding hydrogens is 415 g/mol. The number of carbonyl (C=O) groups is 1. The molecule has 162 valence electrons. The molecule has 2 fully saturated rings. The molecule has 2 aliphatic rings. The molecule has 6 nitrogen and oxygen atoms in total. The minimum Gasteiger partial charge on any atom is -0.467 e. The molecule has 8 heteroatoms. The van der Waals surface area contributed by atoms with Crippen LogP contribution in [0.2, 0.25) is 0 Å². The highest BCUT2D eigenvalue weighted by Crippen LogP contribution is 2.31. The molecule has 2 atom stereocenters. The van der Waals surface area contributed by atoms with E-state index in [-0.39, 0.29) is 29.9 Å². The third-order valence-electron chi connectivity index (χ3n) is 6.10. The molecule has 2 aliphatic heterocycles. The van der Waals surface area contributed by atoms with Crippen LogP contribution < -0.4 is 15.6 Å². The number of benzene rings is 2. The van der Waals surface area contributed by atoms with Gasteiger partial charge >= 0.3 is 0 Å². The first-order valence-corrected chi connectivity index (χ1v) is 11.5. The standard InChI is InChI=1S/C23H25FN4O2S/c1-14-3-2-4-20-21(14)25-23(31-20)30-17-9-11-28(12-10-17)22(29)19-13-18(26-27-19)15-5-7-16(24)8-6-15/h2-8,17-19,26-27H,9-13H2,1H3. The van der Waals surface area contributed by atoms with Crippen LogP contribution in [0, 0.1) is 12.7 Å². The maximum atomic E-state index is 13.2. The van der Waals surface area contributed by atoms with Gasteiger partial charge in [0.1, 0.15) is 18.0 Å². The monoisotopic (exact) mass is 440 g/mol. The van der Waals surface area contributed by atoms with Crippen molar-refractivity contribution in [2.45, 2.75) is 44.4 Å². The smallest absolute Gasteiger partial charge is 0.274 e. The van der Waals surface area contributed by atoms with Gasteiger partial charge in [-0.15, -0.1) is 0 Å². The minimum atomic E-state index is -0.278. The second-order valence-electron chi connectivity index (χ2n) is 8.23. The van der Waals surface area contributed by atoms with E-state index in [1.807, 2.05) is 11.0 Å². The molecule has 0 radical (unpaired) electrons. The number of thiazole rings is 1. The number of aryl methyl sites for hydroxylation is 1. The number of likely N-dealkylation sites (tertiary alicyclic amines) is 1. The fraction of sp³-hybridized carbons (Fsp3) is 0.391. The Morgan fingerprint density at radius 3 is 2.68 bits per heavy atom. The number of hydrogen-bond acceptors (Lipinski definition) is 6. The molecule has 5 rings (SSSR count). The van der Waals surface area contributed by atoms with Gasteiger partial charge in [-0.25, -0.2) is 20.2 Å². The average molecular weight is 441 g/mol. The van der Waals surface area contributed by atoms with Gasteiger partial charge in [0.15, 0.2) is 0 Å². The number of ether oxygens (including phenoxy) is 1. The van der Waals surface area contributed by atoms with Gasteiger partial charge in [-0.05, 0) is 42.7 Å². The Balaban J connectivity index is 1.14. The molecule has 1 aromatic heterocycles. The zero-order valence-electron chi connectivity index (χ0n) is 17.3. The summed E-state index contributed by atoms with van der Waals surface area (Å²) in [6.45, 7) is 3.40. The second kappa shape index (κ2) is 8.53. The van der Waals surface area contributed by atoms with E-state index in [0.717, 1.165) is 34.2 Å². The van der Waals surface area contributed by atoms with Crippen LogP contribution in [0.15, 0.2) is 42.5 Å². The molecule has 3 heterocycles. The van der Waals surface area contributed by atoms with Crippen molar-refractivity contribution in [1.82, 2.24) is 20.7 Å². The maximum absolute atomic E-state index is 13.2. The van der Waals surface area contributed by atoms with Gasteiger partial charge in [0, 0.05) is 32.0 Å². The van der Waals surface area contributed by atoms with Crippen molar-refractivity contribution in [3.05, 3.63) is 59.4 Å².